The summed E-state index contributed by atoms with van der Waals surface area (Å²) in [4.78, 5) is 23.8. The van der Waals surface area contributed by atoms with Gasteiger partial charge in [0.1, 0.15) is 0 Å². The van der Waals surface area contributed by atoms with Gasteiger partial charge in [0.15, 0.2) is 0 Å². The Balaban J connectivity index is 5.86. The van der Waals surface area contributed by atoms with Crippen molar-refractivity contribution in [3.63, 3.8) is 0 Å². The summed E-state index contributed by atoms with van der Waals surface area (Å²) in [5.74, 6) is -12.2. The first-order chi connectivity index (χ1) is 11.6. The molecule has 0 rings (SSSR count). The van der Waals surface area contributed by atoms with Crippen molar-refractivity contribution in [2.75, 3.05) is 20.2 Å². The number of rotatable bonds is 10. The van der Waals surface area contributed by atoms with Crippen molar-refractivity contribution in [3.05, 3.63) is 22.4 Å². The fourth-order valence-electron chi connectivity index (χ4n) is 1.66. The number of nitrogens with one attached hydrogen (secondary N) is 2. The van der Waals surface area contributed by atoms with Gasteiger partial charge in [0.25, 0.3) is 11.8 Å². The second-order valence-electron chi connectivity index (χ2n) is 4.95. The molecule has 0 radical (unpaired) electrons. The summed E-state index contributed by atoms with van der Waals surface area (Å²) in [5.41, 5.74) is -2.79. The molecule has 2 amide bonds. The smallest absolute Gasteiger partial charge is 0.353 e. The van der Waals surface area contributed by atoms with Gasteiger partial charge in [-0.3, -0.25) is 9.59 Å². The maximum Gasteiger partial charge on any atom is 0.353 e. The second kappa shape index (κ2) is 10.4. The van der Waals surface area contributed by atoms with Crippen LogP contribution in [0.3, 0.4) is 0 Å². The van der Waals surface area contributed by atoms with Gasteiger partial charge in [-0.25, -0.2) is 0 Å². The molecule has 0 saturated carbocycles. The second-order valence-corrected chi connectivity index (χ2v) is 5.41. The Morgan fingerprint density at radius 3 is 1.68 bits per heavy atom. The molecular formula is C15H21BrF4N2O3. The highest BCUT2D eigenvalue weighted by Crippen LogP contribution is 2.39. The number of hydrogen-bond acceptors (Lipinski definition) is 3. The average molecular weight is 433 g/mol. The number of halogens is 5. The fraction of sp³-hybridized carbons (Fsp3) is 0.600. The zero-order valence-electron chi connectivity index (χ0n) is 14.1. The third-order valence-electron chi connectivity index (χ3n) is 2.95. The summed E-state index contributed by atoms with van der Waals surface area (Å²) in [6.07, 6.45) is 1.08. The topological polar surface area (TPSA) is 67.4 Å². The van der Waals surface area contributed by atoms with E-state index in [1.807, 2.05) is 10.6 Å². The van der Waals surface area contributed by atoms with Crippen LogP contribution in [0.4, 0.5) is 17.6 Å². The lowest BCUT2D eigenvalue weighted by Crippen LogP contribution is -2.47. The van der Waals surface area contributed by atoms with E-state index in [2.05, 4.69) is 20.7 Å². The lowest BCUT2D eigenvalue weighted by molar-refractivity contribution is -0.144. The van der Waals surface area contributed by atoms with E-state index >= 15 is 0 Å². The maximum atomic E-state index is 14.4. The van der Waals surface area contributed by atoms with Gasteiger partial charge in [0.2, 0.25) is 0 Å². The van der Waals surface area contributed by atoms with Crippen LogP contribution in [0.15, 0.2) is 22.4 Å². The van der Waals surface area contributed by atoms with Crippen molar-refractivity contribution in [1.29, 1.82) is 0 Å². The number of carbonyl (C=O) groups excluding carboxylic acids is 2. The molecule has 0 spiro atoms. The first-order valence-corrected chi connectivity index (χ1v) is 8.39. The molecule has 0 heterocycles. The molecule has 144 valence electrons. The van der Waals surface area contributed by atoms with E-state index in [1.54, 1.807) is 13.8 Å². The van der Waals surface area contributed by atoms with Crippen molar-refractivity contribution in [2.45, 2.75) is 38.5 Å². The van der Waals surface area contributed by atoms with Crippen molar-refractivity contribution in [3.8, 4) is 0 Å². The Labute approximate surface area is 152 Å². The summed E-state index contributed by atoms with van der Waals surface area (Å²) < 4.78 is 61.9. The highest BCUT2D eigenvalue weighted by Gasteiger charge is 2.53. The molecule has 0 aromatic carbocycles. The van der Waals surface area contributed by atoms with Crippen LogP contribution in [0.1, 0.15) is 26.7 Å². The molecular weight excluding hydrogens is 412 g/mol. The van der Waals surface area contributed by atoms with E-state index in [1.165, 1.54) is 0 Å². The molecule has 0 fully saturated rings. The Morgan fingerprint density at radius 1 is 0.960 bits per heavy atom. The van der Waals surface area contributed by atoms with E-state index in [0.717, 1.165) is 7.11 Å². The maximum absolute atomic E-state index is 14.4. The van der Waals surface area contributed by atoms with Gasteiger partial charge in [0, 0.05) is 13.1 Å². The molecule has 0 aromatic heterocycles. The van der Waals surface area contributed by atoms with Crippen LogP contribution >= 0.6 is 15.9 Å². The third kappa shape index (κ3) is 6.02. The van der Waals surface area contributed by atoms with Gasteiger partial charge < -0.3 is 15.4 Å². The predicted molar refractivity (Wildman–Crippen MR) is 88.6 cm³/mol. The molecule has 0 aliphatic carbocycles. The largest absolute Gasteiger partial charge is 0.504 e. The van der Waals surface area contributed by atoms with Gasteiger partial charge in [-0.2, -0.15) is 17.6 Å². The van der Waals surface area contributed by atoms with E-state index in [0.29, 0.717) is 24.1 Å². The fourth-order valence-corrected chi connectivity index (χ4v) is 2.20. The third-order valence-corrected chi connectivity index (χ3v) is 3.41. The van der Waals surface area contributed by atoms with E-state index < -0.39 is 34.8 Å². The minimum absolute atomic E-state index is 0.0549. The molecule has 2 N–H and O–H groups in total. The van der Waals surface area contributed by atoms with Crippen molar-refractivity contribution in [2.24, 2.45) is 0 Å². The zero-order valence-corrected chi connectivity index (χ0v) is 15.7. The average Bonchev–Trinajstić information content (AvgIpc) is 2.56. The number of ether oxygens (including phenoxy) is 1. The van der Waals surface area contributed by atoms with Crippen LogP contribution in [-0.4, -0.2) is 43.9 Å². The summed E-state index contributed by atoms with van der Waals surface area (Å²) in [7, 11) is 0.960. The Kier molecular flexibility index (Phi) is 9.76. The molecule has 25 heavy (non-hydrogen) atoms. The first-order valence-electron chi connectivity index (χ1n) is 7.48. The number of hydrogen-bond donors (Lipinski definition) is 2. The normalized spacial score (nSPS) is 13.4. The summed E-state index contributed by atoms with van der Waals surface area (Å²) >= 11 is 2.57. The molecule has 0 aliphatic rings. The molecule has 0 bridgehead atoms. The SMILES string of the molecule is CCCNC(=O)C(F)(F)C(=C\Br)/C(=C/OC)C(F)(F)C(=O)NCCC. The van der Waals surface area contributed by atoms with E-state index in [9.17, 15) is 27.2 Å². The minimum Gasteiger partial charge on any atom is -0.504 e. The Bertz CT molecular complexity index is 537. The van der Waals surface area contributed by atoms with Gasteiger partial charge >= 0.3 is 11.8 Å². The lowest BCUT2D eigenvalue weighted by Gasteiger charge is -2.25. The van der Waals surface area contributed by atoms with Crippen LogP contribution < -0.4 is 10.6 Å². The van der Waals surface area contributed by atoms with Gasteiger partial charge in [-0.05, 0) is 17.8 Å². The zero-order chi connectivity index (χ0) is 19.7. The van der Waals surface area contributed by atoms with Crippen LogP contribution in [-0.2, 0) is 14.3 Å². The van der Waals surface area contributed by atoms with Crippen LogP contribution in [0.25, 0.3) is 0 Å². The van der Waals surface area contributed by atoms with Crippen LogP contribution in [0.5, 0.6) is 0 Å². The Morgan fingerprint density at radius 2 is 1.36 bits per heavy atom. The molecule has 0 aromatic rings. The monoisotopic (exact) mass is 432 g/mol. The predicted octanol–water partition coefficient (Wildman–Crippen LogP) is 3.12. The molecule has 0 aliphatic heterocycles. The first kappa shape index (κ1) is 23.4. The molecule has 0 saturated heterocycles. The van der Waals surface area contributed by atoms with Crippen molar-refractivity contribution < 1.29 is 31.9 Å². The molecule has 0 unspecified atom stereocenters. The molecule has 5 nitrogen and oxygen atoms in total. The standard InChI is InChI=1S/C15H21BrF4N2O3/c1-4-6-21-12(23)14(17,18)10(8-16)11(9-25-3)15(19,20)13(24)22-7-5-2/h8-9H,4-7H2,1-3H3,(H,21,23)(H,22,24)/b10-8-,11-9-. The number of alkyl halides is 4. The summed E-state index contributed by atoms with van der Waals surface area (Å²) in [5, 5.41) is 3.87. The number of amides is 2. The summed E-state index contributed by atoms with van der Waals surface area (Å²) in [6, 6.07) is 0. The Hall–Kier alpha value is -1.58. The lowest BCUT2D eigenvalue weighted by atomic mass is 9.95. The number of carbonyl (C=O) groups is 2. The van der Waals surface area contributed by atoms with Gasteiger partial charge in [0.05, 0.1) is 24.5 Å². The minimum atomic E-state index is -4.33. The van der Waals surface area contributed by atoms with Crippen molar-refractivity contribution >= 4 is 27.7 Å². The van der Waals surface area contributed by atoms with Crippen molar-refractivity contribution in [1.82, 2.24) is 10.6 Å². The van der Waals surface area contributed by atoms with E-state index in [-0.39, 0.29) is 13.1 Å². The van der Waals surface area contributed by atoms with E-state index in [4.69, 9.17) is 0 Å². The molecule has 10 heteroatoms. The quantitative estimate of drug-likeness (QED) is 0.316. The highest BCUT2D eigenvalue weighted by molar-refractivity contribution is 9.11. The molecule has 0 atom stereocenters. The highest BCUT2D eigenvalue weighted by atomic mass is 79.9. The van der Waals surface area contributed by atoms with Crippen LogP contribution in [0, 0.1) is 0 Å². The van der Waals surface area contributed by atoms with Crippen LogP contribution in [0.2, 0.25) is 0 Å². The summed E-state index contributed by atoms with van der Waals surface area (Å²) in [6.45, 7) is 3.17. The van der Waals surface area contributed by atoms with Gasteiger partial charge in [-0.1, -0.05) is 29.8 Å². The number of methoxy groups -OCH3 is 1. The van der Waals surface area contributed by atoms with Gasteiger partial charge in [-0.15, -0.1) is 0 Å².